The van der Waals surface area contributed by atoms with Crippen LogP contribution in [-0.4, -0.2) is 0 Å². The number of nitrogen functional groups attached to an aromatic ring is 2. The zero-order chi connectivity index (χ0) is 14.2. The van der Waals surface area contributed by atoms with Crippen LogP contribution in [0, 0.1) is 11.6 Å². The smallest absolute Gasteiger partial charge is 0.169 e. The minimum absolute atomic E-state index is 0.0273. The van der Waals surface area contributed by atoms with E-state index in [9.17, 15) is 8.78 Å². The van der Waals surface area contributed by atoms with E-state index in [1.165, 1.54) is 12.1 Å². The molecule has 0 bridgehead atoms. The Morgan fingerprint density at radius 3 is 2.26 bits per heavy atom. The standard InChI is InChI=1S/C12H9Cl2F2N3/c13-5-1-6(15)3-7(2-5)19-12-9(18)4-8(17)10(14)11(12)16/h1-4,19H,17-18H2. The average Bonchev–Trinajstić information content (AvgIpc) is 2.31. The highest BCUT2D eigenvalue weighted by Crippen LogP contribution is 2.35. The Balaban J connectivity index is 2.46. The van der Waals surface area contributed by atoms with Gasteiger partial charge in [0.05, 0.1) is 17.1 Å². The predicted octanol–water partition coefficient (Wildman–Crippen LogP) is 4.18. The highest BCUT2D eigenvalue weighted by Gasteiger charge is 2.14. The van der Waals surface area contributed by atoms with Crippen molar-refractivity contribution in [2.24, 2.45) is 0 Å². The average molecular weight is 304 g/mol. The summed E-state index contributed by atoms with van der Waals surface area (Å²) in [7, 11) is 0. The molecule has 0 aliphatic heterocycles. The first-order chi connectivity index (χ1) is 8.88. The molecule has 0 atom stereocenters. The van der Waals surface area contributed by atoms with Crippen molar-refractivity contribution < 1.29 is 8.78 Å². The van der Waals surface area contributed by atoms with Gasteiger partial charge in [-0.2, -0.15) is 0 Å². The van der Waals surface area contributed by atoms with Crippen LogP contribution in [0.3, 0.4) is 0 Å². The molecule has 7 heteroatoms. The highest BCUT2D eigenvalue weighted by atomic mass is 35.5. The van der Waals surface area contributed by atoms with Gasteiger partial charge in [-0.1, -0.05) is 23.2 Å². The predicted molar refractivity (Wildman–Crippen MR) is 74.9 cm³/mol. The topological polar surface area (TPSA) is 64.1 Å². The lowest BCUT2D eigenvalue weighted by atomic mass is 10.2. The molecule has 2 aromatic rings. The van der Waals surface area contributed by atoms with Gasteiger partial charge in [0.15, 0.2) is 5.82 Å². The van der Waals surface area contributed by atoms with Gasteiger partial charge in [0.2, 0.25) is 0 Å². The second kappa shape index (κ2) is 5.11. The van der Waals surface area contributed by atoms with Crippen LogP contribution >= 0.6 is 23.2 Å². The fraction of sp³-hybridized carbons (Fsp3) is 0. The summed E-state index contributed by atoms with van der Waals surface area (Å²) < 4.78 is 27.1. The zero-order valence-corrected chi connectivity index (χ0v) is 11.0. The van der Waals surface area contributed by atoms with Gasteiger partial charge in [-0.3, -0.25) is 0 Å². The monoisotopic (exact) mass is 303 g/mol. The van der Waals surface area contributed by atoms with Crippen molar-refractivity contribution in [3.63, 3.8) is 0 Å². The Hall–Kier alpha value is -1.72. The summed E-state index contributed by atoms with van der Waals surface area (Å²) in [6.07, 6.45) is 0. The van der Waals surface area contributed by atoms with Crippen LogP contribution in [0.5, 0.6) is 0 Å². The summed E-state index contributed by atoms with van der Waals surface area (Å²) >= 11 is 11.4. The third-order valence-corrected chi connectivity index (χ3v) is 3.00. The van der Waals surface area contributed by atoms with E-state index >= 15 is 0 Å². The van der Waals surface area contributed by atoms with E-state index in [0.717, 1.165) is 12.1 Å². The second-order valence-corrected chi connectivity index (χ2v) is 4.66. The minimum Gasteiger partial charge on any atom is -0.397 e. The maximum atomic E-state index is 13.9. The Morgan fingerprint density at radius 1 is 0.947 bits per heavy atom. The number of hydrogen-bond acceptors (Lipinski definition) is 3. The van der Waals surface area contributed by atoms with E-state index in [1.54, 1.807) is 0 Å². The third kappa shape index (κ3) is 2.83. The summed E-state index contributed by atoms with van der Waals surface area (Å²) in [5.74, 6) is -1.37. The number of benzene rings is 2. The van der Waals surface area contributed by atoms with Crippen molar-refractivity contribution in [2.45, 2.75) is 0 Å². The second-order valence-electron chi connectivity index (χ2n) is 3.84. The normalized spacial score (nSPS) is 10.5. The molecule has 100 valence electrons. The van der Waals surface area contributed by atoms with Gasteiger partial charge < -0.3 is 16.8 Å². The first kappa shape index (κ1) is 13.7. The molecule has 19 heavy (non-hydrogen) atoms. The van der Waals surface area contributed by atoms with Gasteiger partial charge in [0, 0.05) is 10.7 Å². The molecular weight excluding hydrogens is 295 g/mol. The number of nitrogens with one attached hydrogen (secondary N) is 1. The van der Waals surface area contributed by atoms with Crippen LogP contribution in [0.15, 0.2) is 24.3 Å². The van der Waals surface area contributed by atoms with Crippen molar-refractivity contribution >= 4 is 46.0 Å². The van der Waals surface area contributed by atoms with Gasteiger partial charge in [0.1, 0.15) is 10.8 Å². The van der Waals surface area contributed by atoms with E-state index in [2.05, 4.69) is 5.32 Å². The number of nitrogens with two attached hydrogens (primary N) is 2. The number of rotatable bonds is 2. The molecule has 0 unspecified atom stereocenters. The van der Waals surface area contributed by atoms with Crippen LogP contribution in [0.1, 0.15) is 0 Å². The Kier molecular flexibility index (Phi) is 3.68. The summed E-state index contributed by atoms with van der Waals surface area (Å²) in [4.78, 5) is 0. The lowest BCUT2D eigenvalue weighted by molar-refractivity contribution is 0.627. The highest BCUT2D eigenvalue weighted by molar-refractivity contribution is 6.33. The molecular formula is C12H9Cl2F2N3. The fourth-order valence-electron chi connectivity index (χ4n) is 1.56. The Morgan fingerprint density at radius 2 is 1.63 bits per heavy atom. The van der Waals surface area contributed by atoms with Gasteiger partial charge in [-0.15, -0.1) is 0 Å². The van der Waals surface area contributed by atoms with Gasteiger partial charge in [-0.05, 0) is 24.3 Å². The Bertz CT molecular complexity index is 627. The number of hydrogen-bond donors (Lipinski definition) is 3. The number of halogens is 4. The summed E-state index contributed by atoms with van der Waals surface area (Å²) in [5.41, 5.74) is 11.4. The summed E-state index contributed by atoms with van der Waals surface area (Å²) in [6, 6.07) is 5.01. The first-order valence-electron chi connectivity index (χ1n) is 5.14. The first-order valence-corrected chi connectivity index (χ1v) is 5.90. The van der Waals surface area contributed by atoms with Gasteiger partial charge in [-0.25, -0.2) is 8.78 Å². The van der Waals surface area contributed by atoms with Crippen LogP contribution in [0.4, 0.5) is 31.5 Å². The van der Waals surface area contributed by atoms with Gasteiger partial charge >= 0.3 is 0 Å². The van der Waals surface area contributed by atoms with Gasteiger partial charge in [0.25, 0.3) is 0 Å². The maximum absolute atomic E-state index is 13.9. The van der Waals surface area contributed by atoms with E-state index < -0.39 is 11.6 Å². The molecule has 5 N–H and O–H groups in total. The Labute approximate surface area is 118 Å². The quantitative estimate of drug-likeness (QED) is 0.729. The summed E-state index contributed by atoms with van der Waals surface area (Å²) in [5, 5.41) is 2.54. The van der Waals surface area contributed by atoms with Crippen molar-refractivity contribution in [3.05, 3.63) is 45.9 Å². The molecule has 0 heterocycles. The molecule has 0 aliphatic carbocycles. The van der Waals surface area contributed by atoms with Crippen molar-refractivity contribution in [1.82, 2.24) is 0 Å². The van der Waals surface area contributed by atoms with E-state index in [4.69, 9.17) is 34.7 Å². The number of anilines is 4. The molecule has 0 aromatic heterocycles. The van der Waals surface area contributed by atoms with E-state index in [-0.39, 0.29) is 32.8 Å². The molecule has 0 saturated heterocycles. The van der Waals surface area contributed by atoms with E-state index in [1.807, 2.05) is 0 Å². The molecule has 0 radical (unpaired) electrons. The van der Waals surface area contributed by atoms with Crippen molar-refractivity contribution in [2.75, 3.05) is 16.8 Å². The van der Waals surface area contributed by atoms with Crippen molar-refractivity contribution in [1.29, 1.82) is 0 Å². The van der Waals surface area contributed by atoms with E-state index in [0.29, 0.717) is 0 Å². The maximum Gasteiger partial charge on any atom is 0.169 e. The molecule has 0 fully saturated rings. The SMILES string of the molecule is Nc1cc(N)c(Nc2cc(F)cc(Cl)c2)c(F)c1Cl. The van der Waals surface area contributed by atoms with Crippen LogP contribution in [0.2, 0.25) is 10.0 Å². The molecule has 0 saturated carbocycles. The lowest BCUT2D eigenvalue weighted by Crippen LogP contribution is -2.03. The fourth-order valence-corrected chi connectivity index (χ4v) is 1.93. The minimum atomic E-state index is -0.806. The largest absolute Gasteiger partial charge is 0.397 e. The van der Waals surface area contributed by atoms with Crippen molar-refractivity contribution in [3.8, 4) is 0 Å². The lowest BCUT2D eigenvalue weighted by Gasteiger charge is -2.13. The van der Waals surface area contributed by atoms with Crippen LogP contribution in [-0.2, 0) is 0 Å². The molecule has 2 rings (SSSR count). The molecule has 3 nitrogen and oxygen atoms in total. The zero-order valence-electron chi connectivity index (χ0n) is 9.48. The molecule has 0 aliphatic rings. The molecule has 0 amide bonds. The van der Waals surface area contributed by atoms with Crippen LogP contribution in [0.25, 0.3) is 0 Å². The molecule has 0 spiro atoms. The molecule has 2 aromatic carbocycles. The summed E-state index contributed by atoms with van der Waals surface area (Å²) in [6.45, 7) is 0. The van der Waals surface area contributed by atoms with Crippen LogP contribution < -0.4 is 16.8 Å². The third-order valence-electron chi connectivity index (χ3n) is 2.40.